The van der Waals surface area contributed by atoms with Crippen molar-refractivity contribution >= 4 is 28.9 Å². The van der Waals surface area contributed by atoms with Crippen LogP contribution in [0.15, 0.2) is 59.0 Å². The minimum absolute atomic E-state index is 0.139. The fourth-order valence-electron chi connectivity index (χ4n) is 2.63. The van der Waals surface area contributed by atoms with Crippen molar-refractivity contribution in [2.75, 3.05) is 11.9 Å². The number of furan rings is 1. The molecule has 0 aliphatic rings. The van der Waals surface area contributed by atoms with E-state index in [0.29, 0.717) is 17.3 Å². The Morgan fingerprint density at radius 2 is 1.86 bits per heavy atom. The lowest BCUT2D eigenvalue weighted by atomic mass is 10.1. The van der Waals surface area contributed by atoms with Crippen molar-refractivity contribution in [2.24, 2.45) is 0 Å². The average molecular weight is 410 g/mol. The number of carbonyl (C=O) groups is 1. The summed E-state index contributed by atoms with van der Waals surface area (Å²) in [6.07, 6.45) is 0. The lowest BCUT2D eigenvalue weighted by Crippen LogP contribution is -2.37. The van der Waals surface area contributed by atoms with Gasteiger partial charge in [-0.05, 0) is 62.0 Å². The molecule has 0 aliphatic heterocycles. The van der Waals surface area contributed by atoms with E-state index in [1.165, 1.54) is 0 Å². The largest absolute Gasteiger partial charge is 0.484 e. The van der Waals surface area contributed by atoms with Crippen LogP contribution < -0.4 is 15.4 Å². The van der Waals surface area contributed by atoms with Gasteiger partial charge in [-0.1, -0.05) is 29.8 Å². The molecule has 6 nitrogen and oxygen atoms in total. The lowest BCUT2D eigenvalue weighted by Gasteiger charge is -2.13. The standard InChI is InChI=1S/C22H22N2O4S/c1-14-3-7-17(8-4-14)27-13-21(26)24-22(29)23-19-11-16(6-5-15(19)2)20-10-9-18(12-25)28-20/h3-11,25H,12-13H2,1-2H3,(H2,23,24,26,29). The monoisotopic (exact) mass is 410 g/mol. The predicted octanol–water partition coefficient (Wildman–Crippen LogP) is 3.95. The average Bonchev–Trinajstić information content (AvgIpc) is 3.18. The van der Waals surface area contributed by atoms with Gasteiger partial charge in [0.15, 0.2) is 11.7 Å². The van der Waals surface area contributed by atoms with Crippen molar-refractivity contribution < 1.29 is 19.1 Å². The van der Waals surface area contributed by atoms with E-state index in [1.54, 1.807) is 12.1 Å². The summed E-state index contributed by atoms with van der Waals surface area (Å²) in [5, 5.41) is 15.0. The molecule has 0 saturated heterocycles. The van der Waals surface area contributed by atoms with E-state index >= 15 is 0 Å². The Morgan fingerprint density at radius 3 is 2.55 bits per heavy atom. The van der Waals surface area contributed by atoms with Gasteiger partial charge in [0.2, 0.25) is 0 Å². The molecule has 3 N–H and O–H groups in total. The molecule has 0 saturated carbocycles. The summed E-state index contributed by atoms with van der Waals surface area (Å²) < 4.78 is 11.0. The van der Waals surface area contributed by atoms with Crippen molar-refractivity contribution in [1.29, 1.82) is 0 Å². The molecule has 3 rings (SSSR count). The van der Waals surface area contributed by atoms with Gasteiger partial charge in [-0.3, -0.25) is 10.1 Å². The number of hydrogen-bond acceptors (Lipinski definition) is 5. The third-order valence-electron chi connectivity index (χ3n) is 4.23. The Balaban J connectivity index is 1.58. The van der Waals surface area contributed by atoms with Crippen molar-refractivity contribution in [1.82, 2.24) is 5.32 Å². The molecular formula is C22H22N2O4S. The first-order chi connectivity index (χ1) is 13.9. The van der Waals surface area contributed by atoms with Gasteiger partial charge in [-0.25, -0.2) is 0 Å². The number of benzene rings is 2. The summed E-state index contributed by atoms with van der Waals surface area (Å²) >= 11 is 5.25. The Hall–Kier alpha value is -3.16. The second-order valence-electron chi connectivity index (χ2n) is 6.56. The summed E-state index contributed by atoms with van der Waals surface area (Å²) in [5.41, 5.74) is 3.64. The van der Waals surface area contributed by atoms with Gasteiger partial charge in [0.05, 0.1) is 0 Å². The lowest BCUT2D eigenvalue weighted by molar-refractivity contribution is -0.121. The summed E-state index contributed by atoms with van der Waals surface area (Å²) in [6.45, 7) is 3.62. The number of hydrogen-bond donors (Lipinski definition) is 3. The predicted molar refractivity (Wildman–Crippen MR) is 116 cm³/mol. The Morgan fingerprint density at radius 1 is 1.10 bits per heavy atom. The molecule has 1 amide bonds. The van der Waals surface area contributed by atoms with Gasteiger partial charge in [0, 0.05) is 11.3 Å². The van der Waals surface area contributed by atoms with Crippen molar-refractivity contribution in [3.8, 4) is 17.1 Å². The van der Waals surface area contributed by atoms with Gasteiger partial charge in [0.1, 0.15) is 23.9 Å². The van der Waals surface area contributed by atoms with E-state index in [2.05, 4.69) is 10.6 Å². The van der Waals surface area contributed by atoms with E-state index in [4.69, 9.17) is 26.5 Å². The van der Waals surface area contributed by atoms with E-state index < -0.39 is 0 Å². The highest BCUT2D eigenvalue weighted by molar-refractivity contribution is 7.80. The molecular weight excluding hydrogens is 388 g/mol. The summed E-state index contributed by atoms with van der Waals surface area (Å²) in [5.74, 6) is 1.40. The van der Waals surface area contributed by atoms with Crippen molar-refractivity contribution in [3.63, 3.8) is 0 Å². The van der Waals surface area contributed by atoms with Crippen LogP contribution in [0.5, 0.6) is 5.75 Å². The second kappa shape index (κ2) is 9.36. The number of ether oxygens (including phenoxy) is 1. The number of aliphatic hydroxyl groups is 1. The molecule has 0 spiro atoms. The Kier molecular flexibility index (Phi) is 6.64. The fourth-order valence-corrected chi connectivity index (χ4v) is 2.85. The first-order valence-corrected chi connectivity index (χ1v) is 9.46. The van der Waals surface area contributed by atoms with Crippen LogP contribution in [0.25, 0.3) is 11.3 Å². The van der Waals surface area contributed by atoms with Gasteiger partial charge in [-0.2, -0.15) is 0 Å². The molecule has 0 unspecified atom stereocenters. The van der Waals surface area contributed by atoms with Crippen LogP contribution in [0.2, 0.25) is 0 Å². The molecule has 0 fully saturated rings. The summed E-state index contributed by atoms with van der Waals surface area (Å²) in [4.78, 5) is 12.1. The molecule has 3 aromatic rings. The van der Waals surface area contributed by atoms with Gasteiger partial charge in [-0.15, -0.1) is 0 Å². The molecule has 0 aliphatic carbocycles. The molecule has 1 heterocycles. The normalized spacial score (nSPS) is 10.4. The molecule has 150 valence electrons. The smallest absolute Gasteiger partial charge is 0.264 e. The summed E-state index contributed by atoms with van der Waals surface area (Å²) in [6, 6.07) is 16.7. The molecule has 1 aromatic heterocycles. The van der Waals surface area contributed by atoms with Crippen LogP contribution in [-0.4, -0.2) is 22.7 Å². The first-order valence-electron chi connectivity index (χ1n) is 9.05. The molecule has 0 atom stereocenters. The van der Waals surface area contributed by atoms with Crippen LogP contribution in [0.1, 0.15) is 16.9 Å². The molecule has 29 heavy (non-hydrogen) atoms. The van der Waals surface area contributed by atoms with Gasteiger partial charge < -0.3 is 19.6 Å². The summed E-state index contributed by atoms with van der Waals surface area (Å²) in [7, 11) is 0. The zero-order chi connectivity index (χ0) is 20.8. The maximum absolute atomic E-state index is 12.1. The van der Waals surface area contributed by atoms with E-state index in [9.17, 15) is 4.79 Å². The third-order valence-corrected chi connectivity index (χ3v) is 4.44. The molecule has 2 aromatic carbocycles. The Labute approximate surface area is 174 Å². The van der Waals surface area contributed by atoms with E-state index in [-0.39, 0.29) is 24.2 Å². The van der Waals surface area contributed by atoms with Crippen LogP contribution in [0, 0.1) is 13.8 Å². The number of aliphatic hydroxyl groups excluding tert-OH is 1. The van der Waals surface area contributed by atoms with Crippen LogP contribution in [0.3, 0.4) is 0 Å². The van der Waals surface area contributed by atoms with Crippen LogP contribution >= 0.6 is 12.2 Å². The third kappa shape index (κ3) is 5.66. The zero-order valence-corrected chi connectivity index (χ0v) is 17.0. The highest BCUT2D eigenvalue weighted by Gasteiger charge is 2.10. The van der Waals surface area contributed by atoms with Gasteiger partial charge in [0.25, 0.3) is 5.91 Å². The first kappa shape index (κ1) is 20.6. The van der Waals surface area contributed by atoms with Crippen molar-refractivity contribution in [2.45, 2.75) is 20.5 Å². The number of rotatable bonds is 6. The zero-order valence-electron chi connectivity index (χ0n) is 16.2. The highest BCUT2D eigenvalue weighted by Crippen LogP contribution is 2.27. The van der Waals surface area contributed by atoms with Crippen LogP contribution in [0.4, 0.5) is 5.69 Å². The molecule has 7 heteroatoms. The number of nitrogens with one attached hydrogen (secondary N) is 2. The maximum Gasteiger partial charge on any atom is 0.264 e. The SMILES string of the molecule is Cc1ccc(OCC(=O)NC(=S)Nc2cc(-c3ccc(CO)o3)ccc2C)cc1. The van der Waals surface area contributed by atoms with Gasteiger partial charge >= 0.3 is 0 Å². The van der Waals surface area contributed by atoms with E-state index in [1.807, 2.05) is 56.3 Å². The van der Waals surface area contributed by atoms with Crippen LogP contribution in [-0.2, 0) is 11.4 Å². The number of carbonyl (C=O) groups excluding carboxylic acids is 1. The van der Waals surface area contributed by atoms with E-state index in [0.717, 1.165) is 22.4 Å². The Bertz CT molecular complexity index is 1010. The van der Waals surface area contributed by atoms with Crippen molar-refractivity contribution in [3.05, 3.63) is 71.5 Å². The topological polar surface area (TPSA) is 83.7 Å². The maximum atomic E-state index is 12.1. The highest BCUT2D eigenvalue weighted by atomic mass is 32.1. The fraction of sp³-hybridized carbons (Fsp3) is 0.182. The minimum Gasteiger partial charge on any atom is -0.484 e. The molecule has 0 radical (unpaired) electrons. The molecule has 0 bridgehead atoms. The number of amides is 1. The number of anilines is 1. The quantitative estimate of drug-likeness (QED) is 0.534. The number of thiocarbonyl (C=S) groups is 1. The minimum atomic E-state index is -0.351. The second-order valence-corrected chi connectivity index (χ2v) is 6.97. The number of aryl methyl sites for hydroxylation is 2.